The van der Waals surface area contributed by atoms with Crippen molar-refractivity contribution in [2.75, 3.05) is 33.2 Å². The Morgan fingerprint density at radius 3 is 2.86 bits per heavy atom. The summed E-state index contributed by atoms with van der Waals surface area (Å²) in [6.45, 7) is 3.34. The van der Waals surface area contributed by atoms with Crippen molar-refractivity contribution in [1.29, 1.82) is 0 Å². The van der Waals surface area contributed by atoms with E-state index in [4.69, 9.17) is 0 Å². The molecule has 0 aromatic carbocycles. The van der Waals surface area contributed by atoms with E-state index in [-0.39, 0.29) is 11.5 Å². The van der Waals surface area contributed by atoms with E-state index in [2.05, 4.69) is 26.9 Å². The van der Waals surface area contributed by atoms with Crippen LogP contribution < -0.4 is 5.56 Å². The topological polar surface area (TPSA) is 82.2 Å². The number of nitrogens with zero attached hydrogens (tertiary/aromatic N) is 4. The third-order valence-electron chi connectivity index (χ3n) is 3.95. The van der Waals surface area contributed by atoms with Crippen LogP contribution in [0.2, 0.25) is 0 Å². The molecule has 2 aromatic rings. The van der Waals surface area contributed by atoms with Crippen LogP contribution in [0.15, 0.2) is 23.1 Å². The number of aromatic nitrogens is 3. The van der Waals surface area contributed by atoms with E-state index in [9.17, 15) is 9.59 Å². The first-order valence-electron chi connectivity index (χ1n) is 7.44. The molecule has 3 rings (SSSR count). The quantitative estimate of drug-likeness (QED) is 0.864. The highest BCUT2D eigenvalue weighted by Gasteiger charge is 2.19. The number of likely N-dealkylation sites (N-methyl/N-ethyl adjacent to an activating group) is 1. The number of pyridine rings is 1. The van der Waals surface area contributed by atoms with Gasteiger partial charge in [0, 0.05) is 45.2 Å². The fourth-order valence-corrected chi connectivity index (χ4v) is 2.58. The molecule has 22 heavy (non-hydrogen) atoms. The summed E-state index contributed by atoms with van der Waals surface area (Å²) in [7, 11) is 2.06. The smallest absolute Gasteiger partial charge is 0.277 e. The van der Waals surface area contributed by atoms with Crippen LogP contribution in [0.3, 0.4) is 0 Å². The Labute approximate surface area is 128 Å². The van der Waals surface area contributed by atoms with Crippen LogP contribution in [-0.4, -0.2) is 63.9 Å². The standard InChI is InChI=1S/C15H19N5O2/c1-19-7-9-20(10-8-19)13(21)5-4-12-17-11-3-2-6-16-14(11)15(22)18-12/h2-3,6H,4-5,7-10H2,1H3,(H,17,18,22). The van der Waals surface area contributed by atoms with Crippen LogP contribution in [0.1, 0.15) is 12.2 Å². The van der Waals surface area contributed by atoms with Crippen LogP contribution in [-0.2, 0) is 11.2 Å². The highest BCUT2D eigenvalue weighted by molar-refractivity contribution is 5.76. The Hall–Kier alpha value is -2.28. The van der Waals surface area contributed by atoms with Crippen molar-refractivity contribution in [3.8, 4) is 0 Å². The summed E-state index contributed by atoms with van der Waals surface area (Å²) in [5.41, 5.74) is 0.637. The maximum absolute atomic E-state index is 12.2. The van der Waals surface area contributed by atoms with Crippen LogP contribution in [0.5, 0.6) is 0 Å². The summed E-state index contributed by atoms with van der Waals surface area (Å²) < 4.78 is 0. The van der Waals surface area contributed by atoms with Crippen molar-refractivity contribution in [3.05, 3.63) is 34.5 Å². The first-order chi connectivity index (χ1) is 10.6. The number of carbonyl (C=O) groups excluding carboxylic acids is 1. The highest BCUT2D eigenvalue weighted by atomic mass is 16.2. The van der Waals surface area contributed by atoms with Gasteiger partial charge in [0.25, 0.3) is 5.56 Å². The predicted octanol–water partition coefficient (Wildman–Crippen LogP) is 0.0247. The number of nitrogens with one attached hydrogen (secondary N) is 1. The summed E-state index contributed by atoms with van der Waals surface area (Å²) in [4.78, 5) is 39.3. The van der Waals surface area contributed by atoms with Gasteiger partial charge in [-0.3, -0.25) is 9.59 Å². The Balaban J connectivity index is 1.66. The fourth-order valence-electron chi connectivity index (χ4n) is 2.58. The molecule has 7 heteroatoms. The van der Waals surface area contributed by atoms with Gasteiger partial charge in [-0.15, -0.1) is 0 Å². The lowest BCUT2D eigenvalue weighted by Crippen LogP contribution is -2.47. The van der Waals surface area contributed by atoms with Crippen LogP contribution >= 0.6 is 0 Å². The number of carbonyl (C=O) groups is 1. The van der Waals surface area contributed by atoms with Gasteiger partial charge in [-0.2, -0.15) is 0 Å². The molecule has 0 atom stereocenters. The van der Waals surface area contributed by atoms with Crippen molar-refractivity contribution >= 4 is 16.9 Å². The van der Waals surface area contributed by atoms with Gasteiger partial charge in [0.15, 0.2) is 5.52 Å². The molecule has 116 valence electrons. The maximum atomic E-state index is 12.2. The molecule has 3 heterocycles. The zero-order valence-corrected chi connectivity index (χ0v) is 12.6. The van der Waals surface area contributed by atoms with Crippen LogP contribution in [0.4, 0.5) is 0 Å². The predicted molar refractivity (Wildman–Crippen MR) is 82.6 cm³/mol. The van der Waals surface area contributed by atoms with Gasteiger partial charge in [-0.1, -0.05) is 0 Å². The Kier molecular flexibility index (Phi) is 4.15. The van der Waals surface area contributed by atoms with E-state index in [0.29, 0.717) is 29.7 Å². The van der Waals surface area contributed by atoms with Gasteiger partial charge in [-0.05, 0) is 19.2 Å². The number of hydrogen-bond acceptors (Lipinski definition) is 5. The van der Waals surface area contributed by atoms with Gasteiger partial charge in [0.2, 0.25) is 5.91 Å². The highest BCUT2D eigenvalue weighted by Crippen LogP contribution is 2.06. The minimum atomic E-state index is -0.257. The second-order valence-corrected chi connectivity index (χ2v) is 5.57. The molecule has 7 nitrogen and oxygen atoms in total. The van der Waals surface area contributed by atoms with E-state index in [0.717, 1.165) is 26.2 Å². The van der Waals surface area contributed by atoms with Crippen molar-refractivity contribution in [2.24, 2.45) is 0 Å². The maximum Gasteiger partial charge on any atom is 0.277 e. The summed E-state index contributed by atoms with van der Waals surface area (Å²) in [6.07, 6.45) is 2.36. The SMILES string of the molecule is CN1CCN(C(=O)CCc2nc3cccnc3c(=O)[nH]2)CC1. The monoisotopic (exact) mass is 301 g/mol. The van der Waals surface area contributed by atoms with Crippen molar-refractivity contribution in [2.45, 2.75) is 12.8 Å². The van der Waals surface area contributed by atoms with Crippen molar-refractivity contribution in [3.63, 3.8) is 0 Å². The first kappa shape index (κ1) is 14.6. The van der Waals surface area contributed by atoms with E-state index in [1.807, 2.05) is 4.90 Å². The molecule has 1 aliphatic rings. The lowest BCUT2D eigenvalue weighted by Gasteiger charge is -2.32. The number of amides is 1. The van der Waals surface area contributed by atoms with E-state index < -0.39 is 0 Å². The molecule has 1 aliphatic heterocycles. The van der Waals surface area contributed by atoms with Crippen molar-refractivity contribution < 1.29 is 4.79 Å². The third kappa shape index (κ3) is 3.14. The number of hydrogen-bond donors (Lipinski definition) is 1. The van der Waals surface area contributed by atoms with E-state index in [1.165, 1.54) is 0 Å². The van der Waals surface area contributed by atoms with Crippen LogP contribution in [0.25, 0.3) is 11.0 Å². The molecule has 1 amide bonds. The average molecular weight is 301 g/mol. The largest absolute Gasteiger partial charge is 0.340 e. The molecule has 1 N–H and O–H groups in total. The average Bonchev–Trinajstić information content (AvgIpc) is 2.53. The van der Waals surface area contributed by atoms with Gasteiger partial charge < -0.3 is 14.8 Å². The minimum absolute atomic E-state index is 0.113. The Bertz CT molecular complexity index is 734. The number of aromatic amines is 1. The lowest BCUT2D eigenvalue weighted by molar-refractivity contribution is -0.132. The fraction of sp³-hybridized carbons (Fsp3) is 0.467. The molecular formula is C15H19N5O2. The molecule has 0 radical (unpaired) electrons. The molecule has 0 aliphatic carbocycles. The van der Waals surface area contributed by atoms with Crippen LogP contribution in [0, 0.1) is 0 Å². The normalized spacial score (nSPS) is 16.1. The number of aryl methyl sites for hydroxylation is 1. The zero-order valence-electron chi connectivity index (χ0n) is 12.6. The molecule has 1 fully saturated rings. The molecule has 1 saturated heterocycles. The molecule has 0 saturated carbocycles. The molecular weight excluding hydrogens is 282 g/mol. The second kappa shape index (κ2) is 6.23. The zero-order chi connectivity index (χ0) is 15.5. The molecule has 0 spiro atoms. The second-order valence-electron chi connectivity index (χ2n) is 5.57. The number of rotatable bonds is 3. The Morgan fingerprint density at radius 1 is 1.32 bits per heavy atom. The van der Waals surface area contributed by atoms with Gasteiger partial charge >= 0.3 is 0 Å². The van der Waals surface area contributed by atoms with Gasteiger partial charge in [-0.25, -0.2) is 9.97 Å². The number of piperazine rings is 1. The number of fused-ring (bicyclic) bond motifs is 1. The molecule has 0 bridgehead atoms. The summed E-state index contributed by atoms with van der Waals surface area (Å²) >= 11 is 0. The summed E-state index contributed by atoms with van der Waals surface area (Å²) in [5, 5.41) is 0. The van der Waals surface area contributed by atoms with Crippen molar-refractivity contribution in [1.82, 2.24) is 24.8 Å². The Morgan fingerprint density at radius 2 is 2.09 bits per heavy atom. The summed E-state index contributed by atoms with van der Waals surface area (Å²) in [6, 6.07) is 3.50. The number of H-pyrrole nitrogens is 1. The first-order valence-corrected chi connectivity index (χ1v) is 7.44. The lowest BCUT2D eigenvalue weighted by atomic mass is 10.2. The van der Waals surface area contributed by atoms with Gasteiger partial charge in [0.05, 0.1) is 5.52 Å². The molecule has 2 aromatic heterocycles. The third-order valence-corrected chi connectivity index (χ3v) is 3.95. The summed E-state index contributed by atoms with van der Waals surface area (Å²) in [5.74, 6) is 0.648. The van der Waals surface area contributed by atoms with Gasteiger partial charge in [0.1, 0.15) is 5.82 Å². The minimum Gasteiger partial charge on any atom is -0.340 e. The van der Waals surface area contributed by atoms with E-state index >= 15 is 0 Å². The van der Waals surface area contributed by atoms with E-state index in [1.54, 1.807) is 18.3 Å². The molecule has 0 unspecified atom stereocenters.